The number of halogens is 1. The molecule has 0 heterocycles. The van der Waals surface area contributed by atoms with E-state index in [-0.39, 0.29) is 11.3 Å². The minimum Gasteiger partial charge on any atom is -0.507 e. The largest absolute Gasteiger partial charge is 0.507 e. The van der Waals surface area contributed by atoms with Crippen LogP contribution >= 0.6 is 0 Å². The Bertz CT molecular complexity index is 415. The van der Waals surface area contributed by atoms with Gasteiger partial charge in [0.2, 0.25) is 0 Å². The van der Waals surface area contributed by atoms with Gasteiger partial charge in [-0.3, -0.25) is 0 Å². The molecule has 0 aliphatic heterocycles. The number of phenolic OH excluding ortho intramolecular Hbond substituents is 1. The van der Waals surface area contributed by atoms with Crippen LogP contribution in [0, 0.1) is 17.7 Å². The molecule has 0 aliphatic rings. The van der Waals surface area contributed by atoms with Crippen molar-refractivity contribution in [1.82, 2.24) is 0 Å². The maximum Gasteiger partial charge on any atom is 0.384 e. The third-order valence-corrected chi connectivity index (χ3v) is 1.44. The molecule has 0 amide bonds. The third-order valence-electron chi connectivity index (χ3n) is 1.44. The average Bonchev–Trinajstić information content (AvgIpc) is 2.19. The Hall–Kier alpha value is -2.02. The van der Waals surface area contributed by atoms with Crippen LogP contribution in [0.3, 0.4) is 0 Å². The second kappa shape index (κ2) is 4.28. The molecule has 1 aromatic rings. The number of methoxy groups -OCH3 is 1. The number of esters is 1. The standard InChI is InChI=1S/C10H7FO3/c1-14-10(13)5-2-7-6-8(11)3-4-9(7)12/h3-4,6,12H,1H3. The molecule has 72 valence electrons. The van der Waals surface area contributed by atoms with Crippen LogP contribution in [0.25, 0.3) is 0 Å². The summed E-state index contributed by atoms with van der Waals surface area (Å²) in [5.41, 5.74) is 0.0513. The number of hydrogen-bond acceptors (Lipinski definition) is 3. The SMILES string of the molecule is COC(=O)C#Cc1cc(F)ccc1O. The monoisotopic (exact) mass is 194 g/mol. The van der Waals surface area contributed by atoms with Gasteiger partial charge in [0.05, 0.1) is 12.7 Å². The Balaban J connectivity index is 3.00. The number of ether oxygens (including phenoxy) is 1. The average molecular weight is 194 g/mol. The molecule has 0 bridgehead atoms. The van der Waals surface area contributed by atoms with Crippen LogP contribution in [0.4, 0.5) is 4.39 Å². The quantitative estimate of drug-likeness (QED) is 0.496. The highest BCUT2D eigenvalue weighted by molar-refractivity contribution is 5.89. The zero-order chi connectivity index (χ0) is 10.6. The van der Waals surface area contributed by atoms with Crippen molar-refractivity contribution in [2.45, 2.75) is 0 Å². The number of hydrogen-bond donors (Lipinski definition) is 1. The number of aromatic hydroxyl groups is 1. The zero-order valence-corrected chi connectivity index (χ0v) is 7.37. The van der Waals surface area contributed by atoms with Crippen LogP contribution in [0.2, 0.25) is 0 Å². The van der Waals surface area contributed by atoms with Crippen LogP contribution < -0.4 is 0 Å². The number of carbonyl (C=O) groups is 1. The summed E-state index contributed by atoms with van der Waals surface area (Å²) in [5.74, 6) is 2.92. The Morgan fingerprint density at radius 2 is 2.29 bits per heavy atom. The lowest BCUT2D eigenvalue weighted by Crippen LogP contribution is -1.94. The van der Waals surface area contributed by atoms with Gasteiger partial charge in [0.1, 0.15) is 11.6 Å². The van der Waals surface area contributed by atoms with Crippen molar-refractivity contribution in [2.24, 2.45) is 0 Å². The highest BCUT2D eigenvalue weighted by Crippen LogP contribution is 2.15. The van der Waals surface area contributed by atoms with E-state index < -0.39 is 11.8 Å². The first-order valence-electron chi connectivity index (χ1n) is 3.72. The van der Waals surface area contributed by atoms with Gasteiger partial charge in [0.25, 0.3) is 0 Å². The molecule has 0 saturated carbocycles. The molecular formula is C10H7FO3. The Morgan fingerprint density at radius 1 is 1.57 bits per heavy atom. The molecule has 0 radical (unpaired) electrons. The smallest absolute Gasteiger partial charge is 0.384 e. The fraction of sp³-hybridized carbons (Fsp3) is 0.100. The van der Waals surface area contributed by atoms with Crippen molar-refractivity contribution >= 4 is 5.97 Å². The molecule has 0 unspecified atom stereocenters. The van der Waals surface area contributed by atoms with Gasteiger partial charge in [0, 0.05) is 5.92 Å². The molecule has 14 heavy (non-hydrogen) atoms. The molecule has 0 spiro atoms. The topological polar surface area (TPSA) is 46.5 Å². The highest BCUT2D eigenvalue weighted by atomic mass is 19.1. The predicted molar refractivity (Wildman–Crippen MR) is 47.0 cm³/mol. The van der Waals surface area contributed by atoms with Crippen molar-refractivity contribution in [3.05, 3.63) is 29.6 Å². The van der Waals surface area contributed by atoms with Gasteiger partial charge in [-0.05, 0) is 18.2 Å². The van der Waals surface area contributed by atoms with Gasteiger partial charge >= 0.3 is 5.97 Å². The lowest BCUT2D eigenvalue weighted by Gasteiger charge is -1.95. The van der Waals surface area contributed by atoms with Crippen LogP contribution in [0.5, 0.6) is 5.75 Å². The first-order chi connectivity index (χ1) is 6.63. The maximum absolute atomic E-state index is 12.7. The van der Waals surface area contributed by atoms with Crippen LogP contribution in [-0.2, 0) is 9.53 Å². The van der Waals surface area contributed by atoms with Gasteiger partial charge in [-0.15, -0.1) is 0 Å². The van der Waals surface area contributed by atoms with E-state index >= 15 is 0 Å². The van der Waals surface area contributed by atoms with Crippen molar-refractivity contribution in [3.8, 4) is 17.6 Å². The molecule has 1 rings (SSSR count). The van der Waals surface area contributed by atoms with Gasteiger partial charge < -0.3 is 9.84 Å². The molecule has 1 N–H and O–H groups in total. The van der Waals surface area contributed by atoms with Crippen LogP contribution in [0.15, 0.2) is 18.2 Å². The van der Waals surface area contributed by atoms with E-state index in [0.717, 1.165) is 18.2 Å². The summed E-state index contributed by atoms with van der Waals surface area (Å²) in [6, 6.07) is 3.29. The normalized spacial score (nSPS) is 8.71. The summed E-state index contributed by atoms with van der Waals surface area (Å²) < 4.78 is 16.9. The van der Waals surface area contributed by atoms with E-state index in [0.29, 0.717) is 0 Å². The highest BCUT2D eigenvalue weighted by Gasteiger charge is 1.99. The summed E-state index contributed by atoms with van der Waals surface area (Å²) >= 11 is 0. The Morgan fingerprint density at radius 3 is 2.93 bits per heavy atom. The van der Waals surface area contributed by atoms with E-state index in [2.05, 4.69) is 16.6 Å². The molecule has 4 heteroatoms. The van der Waals surface area contributed by atoms with E-state index in [1.807, 2.05) is 0 Å². The van der Waals surface area contributed by atoms with Gasteiger partial charge in [-0.1, -0.05) is 5.92 Å². The first-order valence-corrected chi connectivity index (χ1v) is 3.72. The summed E-state index contributed by atoms with van der Waals surface area (Å²) in [7, 11) is 1.18. The minimum absolute atomic E-state index is 0.0513. The number of benzene rings is 1. The first kappa shape index (κ1) is 10.1. The molecule has 0 fully saturated rings. The van der Waals surface area contributed by atoms with Crippen LogP contribution in [-0.4, -0.2) is 18.2 Å². The molecule has 0 aliphatic carbocycles. The van der Waals surface area contributed by atoms with Crippen molar-refractivity contribution in [2.75, 3.05) is 7.11 Å². The number of rotatable bonds is 0. The van der Waals surface area contributed by atoms with Crippen molar-refractivity contribution < 1.29 is 19.0 Å². The summed E-state index contributed by atoms with van der Waals surface area (Å²) in [6.45, 7) is 0. The van der Waals surface area contributed by atoms with E-state index in [4.69, 9.17) is 0 Å². The molecule has 0 saturated heterocycles. The molecule has 3 nitrogen and oxygen atoms in total. The van der Waals surface area contributed by atoms with Crippen molar-refractivity contribution in [3.63, 3.8) is 0 Å². The zero-order valence-electron chi connectivity index (χ0n) is 7.37. The molecule has 0 atom stereocenters. The molecule has 1 aromatic carbocycles. The molecule has 0 aromatic heterocycles. The second-order valence-corrected chi connectivity index (χ2v) is 2.40. The fourth-order valence-corrected chi connectivity index (χ4v) is 0.778. The fourth-order valence-electron chi connectivity index (χ4n) is 0.778. The van der Waals surface area contributed by atoms with Gasteiger partial charge in [-0.2, -0.15) is 0 Å². The van der Waals surface area contributed by atoms with E-state index in [1.165, 1.54) is 7.11 Å². The summed E-state index contributed by atoms with van der Waals surface area (Å²) in [5, 5.41) is 9.20. The lowest BCUT2D eigenvalue weighted by atomic mass is 10.2. The number of phenols is 1. The summed E-state index contributed by atoms with van der Waals surface area (Å²) in [4.78, 5) is 10.6. The number of carbonyl (C=O) groups excluding carboxylic acids is 1. The van der Waals surface area contributed by atoms with Gasteiger partial charge in [-0.25, -0.2) is 9.18 Å². The van der Waals surface area contributed by atoms with Crippen molar-refractivity contribution in [1.29, 1.82) is 0 Å². The van der Waals surface area contributed by atoms with Gasteiger partial charge in [0.15, 0.2) is 0 Å². The second-order valence-electron chi connectivity index (χ2n) is 2.40. The Kier molecular flexibility index (Phi) is 3.08. The van der Waals surface area contributed by atoms with E-state index in [1.54, 1.807) is 0 Å². The van der Waals surface area contributed by atoms with E-state index in [9.17, 15) is 14.3 Å². The minimum atomic E-state index is -0.742. The lowest BCUT2D eigenvalue weighted by molar-refractivity contribution is -0.133. The van der Waals surface area contributed by atoms with Crippen LogP contribution in [0.1, 0.15) is 5.56 Å². The predicted octanol–water partition coefficient (Wildman–Crippen LogP) is 1.06. The summed E-state index contributed by atoms with van der Waals surface area (Å²) in [6.07, 6.45) is 0. The third kappa shape index (κ3) is 2.49. The Labute approximate surface area is 80.1 Å². The molecular weight excluding hydrogens is 187 g/mol. The maximum atomic E-state index is 12.7.